The third-order valence-electron chi connectivity index (χ3n) is 5.52. The van der Waals surface area contributed by atoms with E-state index in [2.05, 4.69) is 0 Å². The Morgan fingerprint density at radius 3 is 2.29 bits per heavy atom. The molecule has 1 fully saturated rings. The second-order valence-electron chi connectivity index (χ2n) is 7.72. The quantitative estimate of drug-likeness (QED) is 0.309. The lowest BCUT2D eigenvalue weighted by molar-refractivity contribution is -0.193. The number of carboxylic acids is 1. The zero-order valence-electron chi connectivity index (χ0n) is 18.8. The van der Waals surface area contributed by atoms with Crippen LogP contribution in [0.1, 0.15) is 54.8 Å². The summed E-state index contributed by atoms with van der Waals surface area (Å²) in [6.45, 7) is -1.04. The van der Waals surface area contributed by atoms with E-state index in [4.69, 9.17) is 23.7 Å². The molecule has 3 rings (SSSR count). The molecule has 11 heteroatoms. The number of carboxylic acid groups (broad SMARTS) is 1. The molecular formula is C23H28O9S2. The molecule has 0 aromatic carbocycles. The summed E-state index contributed by atoms with van der Waals surface area (Å²) in [5, 5.41) is 14.5. The number of thiophene rings is 2. The minimum atomic E-state index is -1.26. The summed E-state index contributed by atoms with van der Waals surface area (Å²) in [4.78, 5) is 37.2. The summed E-state index contributed by atoms with van der Waals surface area (Å²) in [5.74, 6) is -2.41. The standard InChI is InChI=1S/C23H28O9S2/c1-28-19(15-6-3-2-4-7-15)22(26)31-14-30-20(17-8-5-10-34-17)23(27)32-13-29-18(21(24)25)16-9-11-33-12-16/h5,8-12,15,18-20H,2-4,6-7,13-14H2,1H3,(H,24,25)/t18-,19-,20-/m0/s1. The average Bonchev–Trinajstić information content (AvgIpc) is 3.55. The predicted molar refractivity (Wildman–Crippen MR) is 123 cm³/mol. The van der Waals surface area contributed by atoms with Gasteiger partial charge in [0.2, 0.25) is 0 Å². The second kappa shape index (κ2) is 13.5. The normalized spacial score (nSPS) is 17.0. The molecule has 2 aromatic rings. The number of carbonyl (C=O) groups excluding carboxylic acids is 2. The van der Waals surface area contributed by atoms with Crippen molar-refractivity contribution >= 4 is 40.6 Å². The van der Waals surface area contributed by atoms with Crippen molar-refractivity contribution in [3.8, 4) is 0 Å². The molecule has 0 spiro atoms. The number of rotatable bonds is 13. The molecule has 9 nitrogen and oxygen atoms in total. The number of hydrogen-bond acceptors (Lipinski definition) is 10. The molecule has 2 aromatic heterocycles. The van der Waals surface area contributed by atoms with E-state index >= 15 is 0 Å². The Hall–Kier alpha value is -2.31. The largest absolute Gasteiger partial charge is 0.479 e. The average molecular weight is 513 g/mol. The molecule has 1 aliphatic rings. The van der Waals surface area contributed by atoms with Crippen molar-refractivity contribution in [1.82, 2.24) is 0 Å². The molecule has 0 unspecified atom stereocenters. The SMILES string of the molecule is CO[C@H](C(=O)OCO[C@H](C(=O)OCO[C@H](C(=O)O)c1ccsc1)c1cccs1)C1CCCCC1. The highest BCUT2D eigenvalue weighted by molar-refractivity contribution is 7.10. The van der Waals surface area contributed by atoms with Gasteiger partial charge in [-0.3, -0.25) is 0 Å². The molecule has 1 aliphatic carbocycles. The van der Waals surface area contributed by atoms with Crippen LogP contribution in [0, 0.1) is 5.92 Å². The van der Waals surface area contributed by atoms with Crippen molar-refractivity contribution in [2.45, 2.75) is 50.4 Å². The summed E-state index contributed by atoms with van der Waals surface area (Å²) < 4.78 is 26.5. The number of methoxy groups -OCH3 is 1. The number of esters is 2. The van der Waals surface area contributed by atoms with Gasteiger partial charge in [0.05, 0.1) is 0 Å². The summed E-state index contributed by atoms with van der Waals surface area (Å²) in [7, 11) is 1.48. The molecule has 186 valence electrons. The van der Waals surface area contributed by atoms with Crippen molar-refractivity contribution < 1.29 is 43.2 Å². The lowest BCUT2D eigenvalue weighted by atomic mass is 9.85. The molecule has 3 atom stereocenters. The fraction of sp³-hybridized carbons (Fsp3) is 0.522. The molecule has 34 heavy (non-hydrogen) atoms. The Balaban J connectivity index is 1.52. The van der Waals surface area contributed by atoms with Crippen molar-refractivity contribution in [2.75, 3.05) is 20.7 Å². The first-order valence-electron chi connectivity index (χ1n) is 10.9. The van der Waals surface area contributed by atoms with Crippen LogP contribution >= 0.6 is 22.7 Å². The minimum Gasteiger partial charge on any atom is -0.479 e. The van der Waals surface area contributed by atoms with E-state index < -0.39 is 49.8 Å². The Morgan fingerprint density at radius 2 is 1.71 bits per heavy atom. The van der Waals surface area contributed by atoms with Gasteiger partial charge in [-0.25, -0.2) is 14.4 Å². The first kappa shape index (κ1) is 26.3. The van der Waals surface area contributed by atoms with Gasteiger partial charge in [0.1, 0.15) is 0 Å². The zero-order valence-corrected chi connectivity index (χ0v) is 20.4. The first-order chi connectivity index (χ1) is 16.5. The van der Waals surface area contributed by atoms with Gasteiger partial charge in [0.15, 0.2) is 31.9 Å². The minimum absolute atomic E-state index is 0.104. The van der Waals surface area contributed by atoms with Gasteiger partial charge in [0, 0.05) is 17.6 Å². The van der Waals surface area contributed by atoms with Gasteiger partial charge >= 0.3 is 17.9 Å². The molecule has 0 radical (unpaired) electrons. The van der Waals surface area contributed by atoms with Crippen LogP contribution in [0.3, 0.4) is 0 Å². The number of aliphatic carboxylic acids is 1. The van der Waals surface area contributed by atoms with E-state index in [9.17, 15) is 19.5 Å². The summed E-state index contributed by atoms with van der Waals surface area (Å²) in [6.07, 6.45) is 1.98. The van der Waals surface area contributed by atoms with E-state index in [1.54, 1.807) is 34.3 Å². The van der Waals surface area contributed by atoms with Crippen molar-refractivity contribution in [1.29, 1.82) is 0 Å². The van der Waals surface area contributed by atoms with Crippen LogP contribution in [-0.2, 0) is 38.1 Å². The molecule has 2 heterocycles. The molecule has 0 saturated heterocycles. The van der Waals surface area contributed by atoms with Gasteiger partial charge in [0.25, 0.3) is 0 Å². The van der Waals surface area contributed by atoms with Crippen LogP contribution in [0.4, 0.5) is 0 Å². The van der Waals surface area contributed by atoms with Gasteiger partial charge in [-0.15, -0.1) is 11.3 Å². The van der Waals surface area contributed by atoms with E-state index in [1.165, 1.54) is 29.8 Å². The fourth-order valence-corrected chi connectivity index (χ4v) is 5.27. The van der Waals surface area contributed by atoms with Crippen molar-refractivity contribution in [3.63, 3.8) is 0 Å². The molecule has 1 N–H and O–H groups in total. The highest BCUT2D eigenvalue weighted by Gasteiger charge is 2.32. The first-order valence-corrected chi connectivity index (χ1v) is 12.7. The highest BCUT2D eigenvalue weighted by Crippen LogP contribution is 2.29. The van der Waals surface area contributed by atoms with Crippen LogP contribution in [0.25, 0.3) is 0 Å². The van der Waals surface area contributed by atoms with Crippen molar-refractivity contribution in [2.24, 2.45) is 5.92 Å². The van der Waals surface area contributed by atoms with Gasteiger partial charge in [-0.1, -0.05) is 25.3 Å². The molecule has 0 bridgehead atoms. The topological polar surface area (TPSA) is 118 Å². The third-order valence-corrected chi connectivity index (χ3v) is 7.14. The maximum atomic E-state index is 12.7. The van der Waals surface area contributed by atoms with Crippen LogP contribution in [0.5, 0.6) is 0 Å². The Labute approximate surface area is 205 Å². The van der Waals surface area contributed by atoms with E-state index in [1.807, 2.05) is 0 Å². The Morgan fingerprint density at radius 1 is 1.00 bits per heavy atom. The lowest BCUT2D eigenvalue weighted by Crippen LogP contribution is -2.35. The highest BCUT2D eigenvalue weighted by atomic mass is 32.1. The van der Waals surface area contributed by atoms with Gasteiger partial charge in [-0.05, 0) is 47.0 Å². The third kappa shape index (κ3) is 7.34. The van der Waals surface area contributed by atoms with Crippen LogP contribution in [0.15, 0.2) is 34.3 Å². The Bertz CT molecular complexity index is 892. The summed E-state index contributed by atoms with van der Waals surface area (Å²) in [6, 6.07) is 5.05. The lowest BCUT2D eigenvalue weighted by Gasteiger charge is -2.27. The second-order valence-corrected chi connectivity index (χ2v) is 9.48. The fourth-order valence-electron chi connectivity index (χ4n) is 3.84. The smallest absolute Gasteiger partial charge is 0.343 e. The van der Waals surface area contributed by atoms with E-state index in [-0.39, 0.29) is 5.92 Å². The van der Waals surface area contributed by atoms with Crippen molar-refractivity contribution in [3.05, 3.63) is 44.8 Å². The van der Waals surface area contributed by atoms with Crippen LogP contribution in [0.2, 0.25) is 0 Å². The van der Waals surface area contributed by atoms with Crippen LogP contribution in [-0.4, -0.2) is 49.8 Å². The predicted octanol–water partition coefficient (Wildman–Crippen LogP) is 4.31. The van der Waals surface area contributed by atoms with E-state index in [0.29, 0.717) is 10.4 Å². The number of ether oxygens (including phenoxy) is 5. The summed E-state index contributed by atoms with van der Waals surface area (Å²) in [5.41, 5.74) is 0.456. The monoisotopic (exact) mass is 512 g/mol. The molecule has 0 amide bonds. The zero-order chi connectivity index (χ0) is 24.3. The number of hydrogen-bond donors (Lipinski definition) is 1. The Kier molecular flexibility index (Phi) is 10.5. The van der Waals surface area contributed by atoms with Gasteiger partial charge < -0.3 is 28.8 Å². The maximum Gasteiger partial charge on any atom is 0.343 e. The molecular weight excluding hydrogens is 484 g/mol. The molecule has 0 aliphatic heterocycles. The maximum absolute atomic E-state index is 12.7. The number of carbonyl (C=O) groups is 3. The summed E-state index contributed by atoms with van der Waals surface area (Å²) >= 11 is 2.60. The molecule has 1 saturated carbocycles. The van der Waals surface area contributed by atoms with Crippen LogP contribution < -0.4 is 0 Å². The van der Waals surface area contributed by atoms with Gasteiger partial charge in [-0.2, -0.15) is 11.3 Å². The van der Waals surface area contributed by atoms with E-state index in [0.717, 1.165) is 32.1 Å².